The maximum Gasteiger partial charge on any atom is 0.280 e. The second kappa shape index (κ2) is 7.93. The van der Waals surface area contributed by atoms with Gasteiger partial charge in [0.1, 0.15) is 5.69 Å². The minimum atomic E-state index is -0.228. The van der Waals surface area contributed by atoms with Crippen molar-refractivity contribution >= 4 is 23.2 Å². The first-order valence-electron chi connectivity index (χ1n) is 7.40. The van der Waals surface area contributed by atoms with Crippen LogP contribution >= 0.6 is 11.3 Å². The van der Waals surface area contributed by atoms with Crippen LogP contribution in [0.15, 0.2) is 17.0 Å². The zero-order valence-corrected chi connectivity index (χ0v) is 13.1. The Bertz CT molecular complexity index is 537. The number of hydrogen-bond donors (Lipinski definition) is 2. The SMILES string of the molecule is CCNC(=O)c1nc(C(=O)NCCC2=CCCCC2)cs1. The molecule has 1 heterocycles. The van der Waals surface area contributed by atoms with Gasteiger partial charge in [0.25, 0.3) is 11.8 Å². The van der Waals surface area contributed by atoms with Gasteiger partial charge in [0.05, 0.1) is 0 Å². The molecule has 6 heteroatoms. The van der Waals surface area contributed by atoms with Crippen LogP contribution in [0, 0.1) is 0 Å². The number of rotatable bonds is 6. The van der Waals surface area contributed by atoms with Crippen molar-refractivity contribution in [3.63, 3.8) is 0 Å². The van der Waals surface area contributed by atoms with E-state index in [2.05, 4.69) is 21.7 Å². The van der Waals surface area contributed by atoms with E-state index >= 15 is 0 Å². The third-order valence-corrected chi connectivity index (χ3v) is 4.23. The van der Waals surface area contributed by atoms with Gasteiger partial charge in [0.2, 0.25) is 0 Å². The molecule has 0 saturated carbocycles. The van der Waals surface area contributed by atoms with E-state index in [1.807, 2.05) is 6.92 Å². The summed E-state index contributed by atoms with van der Waals surface area (Å²) in [6, 6.07) is 0. The minimum Gasteiger partial charge on any atom is -0.350 e. The van der Waals surface area contributed by atoms with Crippen LogP contribution < -0.4 is 10.6 Å². The Labute approximate surface area is 128 Å². The van der Waals surface area contributed by atoms with E-state index in [0.29, 0.717) is 23.8 Å². The van der Waals surface area contributed by atoms with Gasteiger partial charge in [0, 0.05) is 18.5 Å². The predicted octanol–water partition coefficient (Wildman–Crippen LogP) is 2.51. The van der Waals surface area contributed by atoms with Crippen LogP contribution in [-0.4, -0.2) is 29.9 Å². The average molecular weight is 307 g/mol. The summed E-state index contributed by atoms with van der Waals surface area (Å²) in [5, 5.41) is 7.49. The van der Waals surface area contributed by atoms with E-state index < -0.39 is 0 Å². The van der Waals surface area contributed by atoms with Gasteiger partial charge in [-0.25, -0.2) is 4.98 Å². The van der Waals surface area contributed by atoms with Crippen LogP contribution in [0.4, 0.5) is 0 Å². The van der Waals surface area contributed by atoms with Crippen molar-refractivity contribution in [2.75, 3.05) is 13.1 Å². The molecule has 2 N–H and O–H groups in total. The number of amides is 2. The number of aromatic nitrogens is 1. The van der Waals surface area contributed by atoms with Crippen LogP contribution in [-0.2, 0) is 0 Å². The summed E-state index contributed by atoms with van der Waals surface area (Å²) in [5.41, 5.74) is 1.75. The molecule has 0 aliphatic heterocycles. The summed E-state index contributed by atoms with van der Waals surface area (Å²) < 4.78 is 0. The molecular weight excluding hydrogens is 286 g/mol. The normalized spacial score (nSPS) is 14.4. The third kappa shape index (κ3) is 4.67. The molecule has 0 saturated heterocycles. The zero-order valence-electron chi connectivity index (χ0n) is 12.3. The van der Waals surface area contributed by atoms with Crippen LogP contribution in [0.1, 0.15) is 59.3 Å². The van der Waals surface area contributed by atoms with Crippen molar-refractivity contribution in [1.82, 2.24) is 15.6 Å². The first-order valence-corrected chi connectivity index (χ1v) is 8.28. The van der Waals surface area contributed by atoms with Gasteiger partial charge >= 0.3 is 0 Å². The van der Waals surface area contributed by atoms with Crippen molar-refractivity contribution < 1.29 is 9.59 Å². The van der Waals surface area contributed by atoms with Crippen molar-refractivity contribution in [3.8, 4) is 0 Å². The molecule has 0 atom stereocenters. The lowest BCUT2D eigenvalue weighted by molar-refractivity contribution is 0.0949. The molecule has 5 nitrogen and oxygen atoms in total. The van der Waals surface area contributed by atoms with E-state index in [-0.39, 0.29) is 11.8 Å². The molecule has 1 aliphatic rings. The largest absolute Gasteiger partial charge is 0.350 e. The van der Waals surface area contributed by atoms with Crippen LogP contribution in [0.25, 0.3) is 0 Å². The topological polar surface area (TPSA) is 71.1 Å². The molecule has 1 aliphatic carbocycles. The molecule has 1 aromatic rings. The Morgan fingerprint density at radius 1 is 1.29 bits per heavy atom. The highest BCUT2D eigenvalue weighted by atomic mass is 32.1. The first-order chi connectivity index (χ1) is 10.2. The smallest absolute Gasteiger partial charge is 0.280 e. The Hall–Kier alpha value is -1.69. The molecule has 2 rings (SSSR count). The molecule has 114 valence electrons. The van der Waals surface area contributed by atoms with Crippen LogP contribution in [0.2, 0.25) is 0 Å². The Kier molecular flexibility index (Phi) is 5.92. The summed E-state index contributed by atoms with van der Waals surface area (Å²) >= 11 is 1.19. The monoisotopic (exact) mass is 307 g/mol. The van der Waals surface area contributed by atoms with Gasteiger partial charge in [-0.3, -0.25) is 9.59 Å². The predicted molar refractivity (Wildman–Crippen MR) is 83.6 cm³/mol. The molecule has 0 radical (unpaired) electrons. The number of hydrogen-bond acceptors (Lipinski definition) is 4. The fraction of sp³-hybridized carbons (Fsp3) is 0.533. The van der Waals surface area contributed by atoms with E-state index in [4.69, 9.17) is 0 Å². The first kappa shape index (κ1) is 15.7. The van der Waals surface area contributed by atoms with Gasteiger partial charge in [-0.2, -0.15) is 0 Å². The lowest BCUT2D eigenvalue weighted by atomic mass is 9.97. The number of carbonyl (C=O) groups excluding carboxylic acids is 2. The van der Waals surface area contributed by atoms with Gasteiger partial charge in [0.15, 0.2) is 5.01 Å². The average Bonchev–Trinajstić information content (AvgIpc) is 2.98. The fourth-order valence-corrected chi connectivity index (χ4v) is 2.99. The van der Waals surface area contributed by atoms with Crippen LogP contribution in [0.3, 0.4) is 0 Å². The van der Waals surface area contributed by atoms with Gasteiger partial charge in [-0.1, -0.05) is 11.6 Å². The molecule has 0 unspecified atom stereocenters. The highest BCUT2D eigenvalue weighted by Crippen LogP contribution is 2.19. The van der Waals surface area contributed by atoms with E-state index in [9.17, 15) is 9.59 Å². The van der Waals surface area contributed by atoms with Gasteiger partial charge < -0.3 is 10.6 Å². The van der Waals surface area contributed by atoms with Crippen molar-refractivity contribution in [3.05, 3.63) is 27.7 Å². The van der Waals surface area contributed by atoms with Gasteiger partial charge in [-0.15, -0.1) is 11.3 Å². The van der Waals surface area contributed by atoms with Gasteiger partial charge in [-0.05, 0) is 39.0 Å². The quantitative estimate of drug-likeness (QED) is 0.793. The van der Waals surface area contributed by atoms with E-state index in [1.54, 1.807) is 5.38 Å². The summed E-state index contributed by atoms with van der Waals surface area (Å²) in [5.74, 6) is -0.438. The van der Waals surface area contributed by atoms with Crippen molar-refractivity contribution in [2.24, 2.45) is 0 Å². The highest BCUT2D eigenvalue weighted by molar-refractivity contribution is 7.11. The Morgan fingerprint density at radius 3 is 2.86 bits per heavy atom. The number of allylic oxidation sites excluding steroid dienone is 1. The number of carbonyl (C=O) groups is 2. The molecular formula is C15H21N3O2S. The number of nitrogens with zero attached hydrogens (tertiary/aromatic N) is 1. The fourth-order valence-electron chi connectivity index (χ4n) is 2.28. The maximum atomic E-state index is 12.0. The maximum absolute atomic E-state index is 12.0. The van der Waals surface area contributed by atoms with Crippen molar-refractivity contribution in [1.29, 1.82) is 0 Å². The molecule has 21 heavy (non-hydrogen) atoms. The molecule has 0 fully saturated rings. The molecule has 0 bridgehead atoms. The standard InChI is InChI=1S/C15H21N3O2S/c1-2-16-14(20)15-18-12(10-21-15)13(19)17-9-8-11-6-4-3-5-7-11/h6,10H,2-5,7-9H2,1H3,(H,16,20)(H,17,19). The molecule has 2 amide bonds. The Balaban J connectivity index is 1.80. The summed E-state index contributed by atoms with van der Waals surface area (Å²) in [6.07, 6.45) is 8.02. The highest BCUT2D eigenvalue weighted by Gasteiger charge is 2.14. The lowest BCUT2D eigenvalue weighted by Gasteiger charge is -2.12. The summed E-state index contributed by atoms with van der Waals surface area (Å²) in [4.78, 5) is 27.6. The molecule has 0 spiro atoms. The molecule has 0 aromatic carbocycles. The minimum absolute atomic E-state index is 0.210. The Morgan fingerprint density at radius 2 is 2.14 bits per heavy atom. The number of nitrogens with one attached hydrogen (secondary N) is 2. The third-order valence-electron chi connectivity index (χ3n) is 3.39. The number of thiazole rings is 1. The summed E-state index contributed by atoms with van der Waals surface area (Å²) in [7, 11) is 0. The molecule has 1 aromatic heterocycles. The van der Waals surface area contributed by atoms with E-state index in [0.717, 1.165) is 19.3 Å². The second-order valence-electron chi connectivity index (χ2n) is 5.01. The second-order valence-corrected chi connectivity index (χ2v) is 5.87. The zero-order chi connectivity index (χ0) is 15.1. The van der Waals surface area contributed by atoms with Crippen molar-refractivity contribution in [2.45, 2.75) is 39.0 Å². The summed E-state index contributed by atoms with van der Waals surface area (Å²) in [6.45, 7) is 3.02. The lowest BCUT2D eigenvalue weighted by Crippen LogP contribution is -2.26. The van der Waals surface area contributed by atoms with E-state index in [1.165, 1.54) is 29.8 Å². The van der Waals surface area contributed by atoms with Crippen LogP contribution in [0.5, 0.6) is 0 Å².